The Balaban J connectivity index is 2.41. The van der Waals surface area contributed by atoms with Crippen LogP contribution in [-0.4, -0.2) is 28.2 Å². The van der Waals surface area contributed by atoms with E-state index in [1.165, 1.54) is 19.2 Å². The molecular weight excluding hydrogens is 276 g/mol. The summed E-state index contributed by atoms with van der Waals surface area (Å²) in [4.78, 5) is 29.4. The number of methoxy groups -OCH3 is 1. The third-order valence-electron chi connectivity index (χ3n) is 2.73. The van der Waals surface area contributed by atoms with Gasteiger partial charge in [0.1, 0.15) is 22.9 Å². The molecule has 0 aliphatic heterocycles. The second-order valence-corrected chi connectivity index (χ2v) is 4.15. The number of H-pyrrole nitrogens is 1. The van der Waals surface area contributed by atoms with Crippen molar-refractivity contribution >= 4 is 5.97 Å². The first-order chi connectivity index (χ1) is 10.0. The number of aromatic carboxylic acids is 1. The van der Waals surface area contributed by atoms with Gasteiger partial charge in [0.15, 0.2) is 0 Å². The minimum atomic E-state index is -1.16. The normalized spacial score (nSPS) is 10.2. The number of ether oxygens (including phenoxy) is 2. The molecule has 2 aromatic rings. The SMILES string of the molecule is CCc1nc(Oc2ccc(OC)cc2C(=O)O)cc(=O)[nH]1. The van der Waals surface area contributed by atoms with E-state index in [2.05, 4.69) is 9.97 Å². The van der Waals surface area contributed by atoms with Gasteiger partial charge in [-0.25, -0.2) is 4.79 Å². The summed E-state index contributed by atoms with van der Waals surface area (Å²) in [6, 6.07) is 5.52. The van der Waals surface area contributed by atoms with Crippen LogP contribution < -0.4 is 15.0 Å². The topological polar surface area (TPSA) is 102 Å². The van der Waals surface area contributed by atoms with E-state index in [1.54, 1.807) is 6.07 Å². The Morgan fingerprint density at radius 1 is 1.38 bits per heavy atom. The molecule has 1 aromatic heterocycles. The van der Waals surface area contributed by atoms with Crippen molar-refractivity contribution in [2.45, 2.75) is 13.3 Å². The standard InChI is InChI=1S/C14H14N2O5/c1-3-11-15-12(17)7-13(16-11)21-10-5-4-8(20-2)6-9(10)14(18)19/h4-7H,3H2,1-2H3,(H,18,19)(H,15,16,17). The summed E-state index contributed by atoms with van der Waals surface area (Å²) >= 11 is 0. The fourth-order valence-corrected chi connectivity index (χ4v) is 1.71. The quantitative estimate of drug-likeness (QED) is 0.871. The molecule has 0 aliphatic rings. The number of aryl methyl sites for hydroxylation is 1. The molecule has 110 valence electrons. The van der Waals surface area contributed by atoms with E-state index in [1.807, 2.05) is 6.92 Å². The number of carboxylic acid groups (broad SMARTS) is 1. The predicted molar refractivity (Wildman–Crippen MR) is 74.3 cm³/mol. The van der Waals surface area contributed by atoms with Crippen LogP contribution in [0.4, 0.5) is 0 Å². The maximum atomic E-state index is 11.5. The molecule has 2 rings (SSSR count). The molecule has 0 radical (unpaired) electrons. The molecule has 2 N–H and O–H groups in total. The maximum Gasteiger partial charge on any atom is 0.339 e. The molecule has 0 fully saturated rings. The summed E-state index contributed by atoms with van der Waals surface area (Å²) < 4.78 is 10.4. The number of aromatic amines is 1. The van der Waals surface area contributed by atoms with Crippen LogP contribution in [0.1, 0.15) is 23.1 Å². The molecule has 1 aromatic carbocycles. The summed E-state index contributed by atoms with van der Waals surface area (Å²) in [5, 5.41) is 9.20. The van der Waals surface area contributed by atoms with E-state index in [-0.39, 0.29) is 22.8 Å². The summed E-state index contributed by atoms with van der Waals surface area (Å²) in [5.41, 5.74) is -0.434. The zero-order chi connectivity index (χ0) is 15.4. The Labute approximate surface area is 120 Å². The smallest absolute Gasteiger partial charge is 0.339 e. The number of hydrogen-bond acceptors (Lipinski definition) is 5. The van der Waals surface area contributed by atoms with E-state index in [4.69, 9.17) is 9.47 Å². The first-order valence-corrected chi connectivity index (χ1v) is 6.23. The maximum absolute atomic E-state index is 11.5. The molecule has 7 nitrogen and oxygen atoms in total. The fraction of sp³-hybridized carbons (Fsp3) is 0.214. The highest BCUT2D eigenvalue weighted by atomic mass is 16.5. The van der Waals surface area contributed by atoms with Crippen molar-refractivity contribution in [1.29, 1.82) is 0 Å². The average molecular weight is 290 g/mol. The molecule has 21 heavy (non-hydrogen) atoms. The molecule has 1 heterocycles. The highest BCUT2D eigenvalue weighted by Gasteiger charge is 2.14. The Hall–Kier alpha value is -2.83. The lowest BCUT2D eigenvalue weighted by molar-refractivity contribution is 0.0693. The van der Waals surface area contributed by atoms with E-state index in [0.29, 0.717) is 18.0 Å². The molecule has 7 heteroatoms. The van der Waals surface area contributed by atoms with Crippen LogP contribution in [0.3, 0.4) is 0 Å². The van der Waals surface area contributed by atoms with Gasteiger partial charge in [-0.15, -0.1) is 0 Å². The highest BCUT2D eigenvalue weighted by molar-refractivity contribution is 5.91. The minimum absolute atomic E-state index is 0.0447. The van der Waals surface area contributed by atoms with Gasteiger partial charge in [0.05, 0.1) is 13.2 Å². The number of hydrogen-bond donors (Lipinski definition) is 2. The van der Waals surface area contributed by atoms with Crippen molar-refractivity contribution in [3.63, 3.8) is 0 Å². The molecule has 0 atom stereocenters. The van der Waals surface area contributed by atoms with Gasteiger partial charge in [0, 0.05) is 6.42 Å². The van der Waals surface area contributed by atoms with Gasteiger partial charge in [0.2, 0.25) is 5.88 Å². The number of nitrogens with one attached hydrogen (secondary N) is 1. The van der Waals surface area contributed by atoms with Gasteiger partial charge in [-0.3, -0.25) is 4.79 Å². The van der Waals surface area contributed by atoms with Gasteiger partial charge < -0.3 is 19.6 Å². The third-order valence-corrected chi connectivity index (χ3v) is 2.73. The second-order valence-electron chi connectivity index (χ2n) is 4.15. The summed E-state index contributed by atoms with van der Waals surface area (Å²) in [5.74, 6) is -0.174. The van der Waals surface area contributed by atoms with Crippen LogP contribution in [0.5, 0.6) is 17.4 Å². The number of aromatic nitrogens is 2. The van der Waals surface area contributed by atoms with Crippen molar-refractivity contribution in [3.8, 4) is 17.4 Å². The number of rotatable bonds is 5. The fourth-order valence-electron chi connectivity index (χ4n) is 1.71. The molecule has 0 saturated heterocycles. The van der Waals surface area contributed by atoms with Crippen LogP contribution in [0.15, 0.2) is 29.1 Å². The number of carbonyl (C=O) groups is 1. The first kappa shape index (κ1) is 14.6. The number of benzene rings is 1. The number of carboxylic acids is 1. The molecule has 0 unspecified atom stereocenters. The van der Waals surface area contributed by atoms with Crippen LogP contribution in [0, 0.1) is 0 Å². The summed E-state index contributed by atoms with van der Waals surface area (Å²) in [6.45, 7) is 1.83. The van der Waals surface area contributed by atoms with Gasteiger partial charge in [-0.1, -0.05) is 6.92 Å². The zero-order valence-corrected chi connectivity index (χ0v) is 11.5. The lowest BCUT2D eigenvalue weighted by Gasteiger charge is -2.09. The Morgan fingerprint density at radius 2 is 2.14 bits per heavy atom. The van der Waals surface area contributed by atoms with Crippen LogP contribution in [0.25, 0.3) is 0 Å². The Morgan fingerprint density at radius 3 is 2.76 bits per heavy atom. The van der Waals surface area contributed by atoms with E-state index in [0.717, 1.165) is 6.07 Å². The lowest BCUT2D eigenvalue weighted by Crippen LogP contribution is -2.11. The number of nitrogens with zero attached hydrogens (tertiary/aromatic N) is 1. The van der Waals surface area contributed by atoms with Crippen molar-refractivity contribution in [3.05, 3.63) is 46.0 Å². The Bertz CT molecular complexity index is 724. The van der Waals surface area contributed by atoms with Crippen molar-refractivity contribution in [1.82, 2.24) is 9.97 Å². The van der Waals surface area contributed by atoms with E-state index in [9.17, 15) is 14.7 Å². The van der Waals surface area contributed by atoms with Gasteiger partial charge in [-0.2, -0.15) is 4.98 Å². The first-order valence-electron chi connectivity index (χ1n) is 6.23. The van der Waals surface area contributed by atoms with Crippen LogP contribution in [-0.2, 0) is 6.42 Å². The molecule has 0 spiro atoms. The third kappa shape index (κ3) is 3.38. The van der Waals surface area contributed by atoms with E-state index >= 15 is 0 Å². The van der Waals surface area contributed by atoms with Crippen molar-refractivity contribution in [2.75, 3.05) is 7.11 Å². The lowest BCUT2D eigenvalue weighted by atomic mass is 10.2. The molecular formula is C14H14N2O5. The average Bonchev–Trinajstić information content (AvgIpc) is 2.46. The highest BCUT2D eigenvalue weighted by Crippen LogP contribution is 2.27. The minimum Gasteiger partial charge on any atom is -0.497 e. The predicted octanol–water partition coefficient (Wildman–Crippen LogP) is 1.83. The monoisotopic (exact) mass is 290 g/mol. The van der Waals surface area contributed by atoms with Gasteiger partial charge in [-0.05, 0) is 18.2 Å². The summed E-state index contributed by atoms with van der Waals surface area (Å²) in [7, 11) is 1.44. The van der Waals surface area contributed by atoms with Gasteiger partial charge >= 0.3 is 5.97 Å². The zero-order valence-electron chi connectivity index (χ0n) is 11.5. The van der Waals surface area contributed by atoms with Crippen molar-refractivity contribution < 1.29 is 19.4 Å². The largest absolute Gasteiger partial charge is 0.497 e. The second kappa shape index (κ2) is 6.08. The van der Waals surface area contributed by atoms with Crippen LogP contribution in [0.2, 0.25) is 0 Å². The van der Waals surface area contributed by atoms with Crippen LogP contribution >= 0.6 is 0 Å². The molecule has 0 saturated carbocycles. The summed E-state index contributed by atoms with van der Waals surface area (Å²) in [6.07, 6.45) is 0.529. The molecule has 0 bridgehead atoms. The van der Waals surface area contributed by atoms with Gasteiger partial charge in [0.25, 0.3) is 5.56 Å². The van der Waals surface area contributed by atoms with E-state index < -0.39 is 5.97 Å². The molecule has 0 aliphatic carbocycles. The molecule has 0 amide bonds. The Kier molecular flexibility index (Phi) is 4.22. The van der Waals surface area contributed by atoms with Crippen molar-refractivity contribution in [2.24, 2.45) is 0 Å².